The number of rotatable bonds is 8. The lowest BCUT2D eigenvalue weighted by molar-refractivity contribution is -0.164. The van der Waals surface area contributed by atoms with Gasteiger partial charge in [0.1, 0.15) is 5.76 Å². The van der Waals surface area contributed by atoms with E-state index >= 15 is 0 Å². The van der Waals surface area contributed by atoms with Gasteiger partial charge < -0.3 is 19.3 Å². The topological polar surface area (TPSA) is 82.1 Å². The molecule has 2 aliphatic carbocycles. The summed E-state index contributed by atoms with van der Waals surface area (Å²) in [5, 5.41) is 11.2. The molecule has 2 aliphatic rings. The summed E-state index contributed by atoms with van der Waals surface area (Å²) in [6.07, 6.45) is 2.29. The number of methoxy groups -OCH3 is 1. The summed E-state index contributed by atoms with van der Waals surface area (Å²) in [7, 11) is 1.49. The Bertz CT molecular complexity index is 615. The number of allylic oxidation sites excluding steroid dienone is 2. The molecule has 0 spiro atoms. The predicted octanol–water partition coefficient (Wildman–Crippen LogP) is 2.51. The summed E-state index contributed by atoms with van der Waals surface area (Å²) in [6.45, 7) is 9.14. The summed E-state index contributed by atoms with van der Waals surface area (Å²) in [5.41, 5.74) is -2.00. The molecule has 25 heavy (non-hydrogen) atoms. The Morgan fingerprint density at radius 2 is 1.76 bits per heavy atom. The van der Waals surface area contributed by atoms with Gasteiger partial charge in [0, 0.05) is 12.0 Å². The average Bonchev–Trinajstić information content (AvgIpc) is 2.86. The molecule has 0 aliphatic heterocycles. The van der Waals surface area contributed by atoms with Crippen LogP contribution in [0.3, 0.4) is 0 Å². The molecule has 0 saturated carbocycles. The van der Waals surface area contributed by atoms with E-state index in [1.54, 1.807) is 27.7 Å². The van der Waals surface area contributed by atoms with Crippen molar-refractivity contribution in [3.8, 4) is 0 Å². The van der Waals surface area contributed by atoms with E-state index in [4.69, 9.17) is 14.2 Å². The van der Waals surface area contributed by atoms with Crippen LogP contribution in [0.5, 0.6) is 0 Å². The van der Waals surface area contributed by atoms with Crippen LogP contribution < -0.4 is 0 Å². The molecule has 0 radical (unpaired) electrons. The highest BCUT2D eigenvalue weighted by Crippen LogP contribution is 2.50. The second kappa shape index (κ2) is 7.20. The molecule has 140 valence electrons. The van der Waals surface area contributed by atoms with E-state index < -0.39 is 17.3 Å². The fraction of sp³-hybridized carbons (Fsp3) is 0.684. The largest absolute Gasteiger partial charge is 0.501 e. The summed E-state index contributed by atoms with van der Waals surface area (Å²) >= 11 is 0. The SMILES string of the molecule is CCCC1C(OC)=CC(=O)C1C1(O)C(=O)C(OC(C)C)=C1OC(C)C. The van der Waals surface area contributed by atoms with Crippen molar-refractivity contribution < 1.29 is 28.9 Å². The molecule has 0 aromatic carbocycles. The Balaban J connectivity index is 2.46. The van der Waals surface area contributed by atoms with Gasteiger partial charge in [0.15, 0.2) is 11.5 Å². The highest BCUT2D eigenvalue weighted by molar-refractivity contribution is 6.14. The number of aliphatic hydroxyl groups is 1. The van der Waals surface area contributed by atoms with E-state index in [0.717, 1.165) is 6.42 Å². The van der Waals surface area contributed by atoms with E-state index in [1.165, 1.54) is 13.2 Å². The van der Waals surface area contributed by atoms with Crippen LogP contribution in [0.15, 0.2) is 23.4 Å². The zero-order chi connectivity index (χ0) is 18.9. The minimum absolute atomic E-state index is 0.0140. The van der Waals surface area contributed by atoms with Gasteiger partial charge in [-0.25, -0.2) is 0 Å². The summed E-state index contributed by atoms with van der Waals surface area (Å²) in [6, 6.07) is 0. The normalized spacial score (nSPS) is 29.2. The summed E-state index contributed by atoms with van der Waals surface area (Å²) in [4.78, 5) is 25.3. The van der Waals surface area contributed by atoms with Crippen molar-refractivity contribution in [3.63, 3.8) is 0 Å². The molecule has 3 unspecified atom stereocenters. The molecule has 3 atom stereocenters. The monoisotopic (exact) mass is 352 g/mol. The van der Waals surface area contributed by atoms with Gasteiger partial charge in [0.05, 0.1) is 25.2 Å². The Labute approximate surface area is 148 Å². The van der Waals surface area contributed by atoms with Crippen molar-refractivity contribution in [2.24, 2.45) is 11.8 Å². The molecule has 0 aromatic rings. The first kappa shape index (κ1) is 19.5. The maximum atomic E-state index is 12.8. The number of ether oxygens (including phenoxy) is 3. The lowest BCUT2D eigenvalue weighted by atomic mass is 9.67. The third kappa shape index (κ3) is 3.19. The van der Waals surface area contributed by atoms with Gasteiger partial charge in [-0.15, -0.1) is 0 Å². The molecule has 6 heteroatoms. The third-order valence-electron chi connectivity index (χ3n) is 4.46. The van der Waals surface area contributed by atoms with Gasteiger partial charge in [-0.1, -0.05) is 13.3 Å². The first-order chi connectivity index (χ1) is 11.7. The number of hydrogen-bond acceptors (Lipinski definition) is 6. The quantitative estimate of drug-likeness (QED) is 0.723. The molecule has 0 fully saturated rings. The Morgan fingerprint density at radius 1 is 1.16 bits per heavy atom. The molecule has 0 amide bonds. The molecule has 2 rings (SSSR count). The van der Waals surface area contributed by atoms with Gasteiger partial charge in [-0.2, -0.15) is 0 Å². The molecular formula is C19H28O6. The summed E-state index contributed by atoms with van der Waals surface area (Å²) in [5.74, 6) is -1.64. The minimum Gasteiger partial charge on any atom is -0.501 e. The van der Waals surface area contributed by atoms with Crippen LogP contribution in [0.2, 0.25) is 0 Å². The highest BCUT2D eigenvalue weighted by atomic mass is 16.6. The fourth-order valence-corrected chi connectivity index (χ4v) is 3.52. The second-order valence-corrected chi connectivity index (χ2v) is 7.11. The maximum Gasteiger partial charge on any atom is 0.241 e. The van der Waals surface area contributed by atoms with E-state index in [0.29, 0.717) is 12.2 Å². The molecule has 1 N–H and O–H groups in total. The van der Waals surface area contributed by atoms with Gasteiger partial charge in [0.25, 0.3) is 0 Å². The lowest BCUT2D eigenvalue weighted by Crippen LogP contribution is -2.61. The molecule has 0 aromatic heterocycles. The van der Waals surface area contributed by atoms with Crippen molar-refractivity contribution in [3.05, 3.63) is 23.4 Å². The van der Waals surface area contributed by atoms with Crippen LogP contribution in [-0.2, 0) is 23.8 Å². The van der Waals surface area contributed by atoms with Crippen molar-refractivity contribution in [2.75, 3.05) is 7.11 Å². The van der Waals surface area contributed by atoms with E-state index in [1.807, 2.05) is 6.92 Å². The third-order valence-corrected chi connectivity index (χ3v) is 4.46. The van der Waals surface area contributed by atoms with Crippen LogP contribution in [0.1, 0.15) is 47.5 Å². The Kier molecular flexibility index (Phi) is 5.62. The van der Waals surface area contributed by atoms with Crippen LogP contribution in [0.25, 0.3) is 0 Å². The molecule has 0 bridgehead atoms. The van der Waals surface area contributed by atoms with Crippen LogP contribution in [0, 0.1) is 11.8 Å². The van der Waals surface area contributed by atoms with Crippen molar-refractivity contribution in [2.45, 2.75) is 65.3 Å². The number of hydrogen-bond donors (Lipinski definition) is 1. The Hall–Kier alpha value is -1.82. The lowest BCUT2D eigenvalue weighted by Gasteiger charge is -2.44. The highest BCUT2D eigenvalue weighted by Gasteiger charge is 2.66. The number of carbonyl (C=O) groups is 2. The van der Waals surface area contributed by atoms with Gasteiger partial charge in [0.2, 0.25) is 17.1 Å². The van der Waals surface area contributed by atoms with Crippen molar-refractivity contribution >= 4 is 11.6 Å². The first-order valence-electron chi connectivity index (χ1n) is 8.83. The molecule has 6 nitrogen and oxygen atoms in total. The maximum absolute atomic E-state index is 12.8. The summed E-state index contributed by atoms with van der Waals surface area (Å²) < 4.78 is 16.6. The molecule has 0 saturated heterocycles. The zero-order valence-corrected chi connectivity index (χ0v) is 15.8. The van der Waals surface area contributed by atoms with E-state index in [-0.39, 0.29) is 35.4 Å². The average molecular weight is 352 g/mol. The smallest absolute Gasteiger partial charge is 0.241 e. The zero-order valence-electron chi connectivity index (χ0n) is 15.8. The predicted molar refractivity (Wildman–Crippen MR) is 91.4 cm³/mol. The van der Waals surface area contributed by atoms with Crippen LogP contribution in [0.4, 0.5) is 0 Å². The first-order valence-corrected chi connectivity index (χ1v) is 8.83. The number of Topliss-reactive ketones (excluding diaryl/α,β-unsaturated/α-hetero) is 1. The van der Waals surface area contributed by atoms with Crippen molar-refractivity contribution in [1.29, 1.82) is 0 Å². The van der Waals surface area contributed by atoms with Gasteiger partial charge in [-0.3, -0.25) is 9.59 Å². The second-order valence-electron chi connectivity index (χ2n) is 7.11. The van der Waals surface area contributed by atoms with Crippen LogP contribution in [-0.4, -0.2) is 41.6 Å². The standard InChI is InChI=1S/C19H28O6/c1-7-8-12-14(23-6)9-13(20)15(12)19(22)17(21)16(24-10(2)3)18(19)25-11(4)5/h9-12,15,22H,7-8H2,1-6H3. The molecular weight excluding hydrogens is 324 g/mol. The van der Waals surface area contributed by atoms with E-state index in [2.05, 4.69) is 0 Å². The molecule has 0 heterocycles. The van der Waals surface area contributed by atoms with Crippen molar-refractivity contribution in [1.82, 2.24) is 0 Å². The van der Waals surface area contributed by atoms with Gasteiger partial charge >= 0.3 is 0 Å². The minimum atomic E-state index is -2.00. The van der Waals surface area contributed by atoms with Crippen LogP contribution >= 0.6 is 0 Å². The number of ketones is 2. The van der Waals surface area contributed by atoms with Gasteiger partial charge in [-0.05, 0) is 34.1 Å². The number of carbonyl (C=O) groups excluding carboxylic acids is 2. The Morgan fingerprint density at radius 3 is 2.24 bits per heavy atom. The van der Waals surface area contributed by atoms with E-state index in [9.17, 15) is 14.7 Å². The fourth-order valence-electron chi connectivity index (χ4n) is 3.52.